The average Bonchev–Trinajstić information content (AvgIpc) is 3.21. The molecule has 0 N–H and O–H groups in total. The quantitative estimate of drug-likeness (QED) is 0.598. The molecule has 2 amide bonds. The Hall–Kier alpha value is -2.73. The van der Waals surface area contributed by atoms with Crippen LogP contribution < -0.4 is 9.80 Å². The second kappa shape index (κ2) is 6.89. The fourth-order valence-electron chi connectivity index (χ4n) is 5.10. The lowest BCUT2D eigenvalue weighted by Crippen LogP contribution is -2.51. The summed E-state index contributed by atoms with van der Waals surface area (Å²) >= 11 is 3.40. The lowest BCUT2D eigenvalue weighted by Gasteiger charge is -2.38. The Balaban J connectivity index is 1.65. The highest BCUT2D eigenvalue weighted by atomic mass is 79.9. The van der Waals surface area contributed by atoms with Gasteiger partial charge in [-0.15, -0.1) is 0 Å². The van der Waals surface area contributed by atoms with Gasteiger partial charge in [-0.2, -0.15) is 0 Å². The molecule has 6 heteroatoms. The molecule has 0 spiro atoms. The predicted octanol–water partition coefficient (Wildman–Crippen LogP) is 4.45. The topological polar surface area (TPSA) is 57.7 Å². The molecule has 0 saturated carbocycles. The van der Waals surface area contributed by atoms with E-state index in [1.165, 1.54) is 4.90 Å². The van der Waals surface area contributed by atoms with Crippen LogP contribution in [0.15, 0.2) is 59.1 Å². The summed E-state index contributed by atoms with van der Waals surface area (Å²) in [5.41, 5.74) is 1.80. The third-order valence-electron chi connectivity index (χ3n) is 6.51. The number of hydrogen-bond acceptors (Lipinski definition) is 4. The minimum atomic E-state index is -0.705. The van der Waals surface area contributed by atoms with Gasteiger partial charge in [0.2, 0.25) is 11.8 Å². The molecule has 0 aliphatic carbocycles. The van der Waals surface area contributed by atoms with E-state index >= 15 is 0 Å². The highest BCUT2D eigenvalue weighted by molar-refractivity contribution is 9.10. The molecular weight excluding hydrogens is 456 g/mol. The predicted molar refractivity (Wildman–Crippen MR) is 124 cm³/mol. The zero-order valence-corrected chi connectivity index (χ0v) is 19.2. The molecule has 0 bridgehead atoms. The number of halogens is 1. The van der Waals surface area contributed by atoms with Gasteiger partial charge in [0.25, 0.3) is 0 Å². The van der Waals surface area contributed by atoms with Gasteiger partial charge in [-0.3, -0.25) is 14.4 Å². The summed E-state index contributed by atoms with van der Waals surface area (Å²) in [6.07, 6.45) is 3.98. The van der Waals surface area contributed by atoms with Gasteiger partial charge in [0.1, 0.15) is 6.04 Å². The molecule has 3 aliphatic rings. The number of hydrogen-bond donors (Lipinski definition) is 0. The van der Waals surface area contributed by atoms with E-state index in [1.54, 1.807) is 12.1 Å². The number of amides is 2. The molecule has 2 fully saturated rings. The van der Waals surface area contributed by atoms with Crippen LogP contribution >= 0.6 is 15.9 Å². The van der Waals surface area contributed by atoms with E-state index < -0.39 is 23.3 Å². The highest BCUT2D eigenvalue weighted by Crippen LogP contribution is 2.50. The Kier molecular flexibility index (Phi) is 4.49. The summed E-state index contributed by atoms with van der Waals surface area (Å²) in [6.45, 7) is 5.62. The minimum absolute atomic E-state index is 0.0195. The summed E-state index contributed by atoms with van der Waals surface area (Å²) in [5, 5.41) is 0. The van der Waals surface area contributed by atoms with Crippen molar-refractivity contribution in [2.75, 3.05) is 9.80 Å². The van der Waals surface area contributed by atoms with Crippen molar-refractivity contribution in [3.8, 4) is 0 Å². The average molecular weight is 479 g/mol. The maximum Gasteiger partial charge on any atom is 0.240 e. The van der Waals surface area contributed by atoms with E-state index in [9.17, 15) is 14.4 Å². The fourth-order valence-corrected chi connectivity index (χ4v) is 5.37. The Morgan fingerprint density at radius 2 is 1.58 bits per heavy atom. The zero-order valence-electron chi connectivity index (χ0n) is 17.6. The fraction of sp³-hybridized carbons (Fsp3) is 0.320. The molecule has 0 radical (unpaired) electrons. The normalized spacial score (nSPS) is 26.7. The molecular formula is C25H23BrN2O3. The van der Waals surface area contributed by atoms with Crippen LogP contribution in [0.5, 0.6) is 0 Å². The molecule has 2 aromatic carbocycles. The smallest absolute Gasteiger partial charge is 0.240 e. The Morgan fingerprint density at radius 1 is 0.935 bits per heavy atom. The van der Waals surface area contributed by atoms with E-state index in [0.717, 1.165) is 15.7 Å². The number of nitrogens with zero attached hydrogens (tertiary/aromatic N) is 2. The van der Waals surface area contributed by atoms with Crippen LogP contribution in [0.2, 0.25) is 0 Å². The number of anilines is 2. The summed E-state index contributed by atoms with van der Waals surface area (Å²) in [7, 11) is 0. The number of benzene rings is 2. The SMILES string of the molecule is CC(C)(C)C(=O)C1C2C(=O)N(c3ccc(Br)cc3)C(=O)C2C2C=Cc3ccccc3N21. The Morgan fingerprint density at radius 3 is 2.26 bits per heavy atom. The van der Waals surface area contributed by atoms with Crippen molar-refractivity contribution >= 4 is 51.0 Å². The van der Waals surface area contributed by atoms with Crippen molar-refractivity contribution in [2.45, 2.75) is 32.9 Å². The highest BCUT2D eigenvalue weighted by Gasteiger charge is 2.64. The van der Waals surface area contributed by atoms with Crippen molar-refractivity contribution < 1.29 is 14.4 Å². The van der Waals surface area contributed by atoms with Crippen LogP contribution in [-0.2, 0) is 14.4 Å². The first kappa shape index (κ1) is 20.2. The Bertz CT molecular complexity index is 1130. The van der Waals surface area contributed by atoms with Gasteiger partial charge >= 0.3 is 0 Å². The van der Waals surface area contributed by atoms with Crippen molar-refractivity contribution in [2.24, 2.45) is 17.3 Å². The van der Waals surface area contributed by atoms with E-state index in [4.69, 9.17) is 0 Å². The van der Waals surface area contributed by atoms with Gasteiger partial charge in [0, 0.05) is 15.6 Å². The second-order valence-electron chi connectivity index (χ2n) is 9.41. The minimum Gasteiger partial charge on any atom is -0.353 e. The van der Waals surface area contributed by atoms with Crippen molar-refractivity contribution in [1.29, 1.82) is 0 Å². The number of carbonyl (C=O) groups excluding carboxylic acids is 3. The molecule has 2 aromatic rings. The van der Waals surface area contributed by atoms with Crippen molar-refractivity contribution in [1.82, 2.24) is 0 Å². The number of Topliss-reactive ketones (excluding diaryl/α,β-unsaturated/α-hetero) is 1. The summed E-state index contributed by atoms with van der Waals surface area (Å²) in [4.78, 5) is 44.2. The number of carbonyl (C=O) groups is 3. The molecule has 3 aliphatic heterocycles. The molecule has 4 unspecified atom stereocenters. The third kappa shape index (κ3) is 2.92. The molecule has 3 heterocycles. The van der Waals surface area contributed by atoms with Gasteiger partial charge < -0.3 is 4.90 Å². The van der Waals surface area contributed by atoms with E-state index in [0.29, 0.717) is 5.69 Å². The standard InChI is InChI=1S/C25H23BrN2O3/c1-25(2,3)22(29)21-20-19(18-13-8-14-6-4-5-7-17(14)28(18)21)23(30)27(24(20)31)16-11-9-15(26)10-12-16/h4-13,18-21H,1-3H3. The number of ketones is 1. The first-order valence-corrected chi connectivity index (χ1v) is 11.2. The van der Waals surface area contributed by atoms with Crippen molar-refractivity contribution in [3.63, 3.8) is 0 Å². The van der Waals surface area contributed by atoms with Crippen LogP contribution in [-0.4, -0.2) is 29.7 Å². The maximum absolute atomic E-state index is 13.7. The summed E-state index contributed by atoms with van der Waals surface area (Å²) in [5.74, 6) is -1.84. The third-order valence-corrected chi connectivity index (χ3v) is 7.04. The summed E-state index contributed by atoms with van der Waals surface area (Å²) < 4.78 is 0.870. The number of para-hydroxylation sites is 1. The molecule has 5 rings (SSSR count). The maximum atomic E-state index is 13.7. The lowest BCUT2D eigenvalue weighted by molar-refractivity contribution is -0.132. The first-order valence-electron chi connectivity index (χ1n) is 10.4. The monoisotopic (exact) mass is 478 g/mol. The van der Waals surface area contributed by atoms with Crippen LogP contribution in [0.1, 0.15) is 26.3 Å². The molecule has 0 aromatic heterocycles. The van der Waals surface area contributed by atoms with Crippen LogP contribution in [0, 0.1) is 17.3 Å². The summed E-state index contributed by atoms with van der Waals surface area (Å²) in [6, 6.07) is 14.0. The second-order valence-corrected chi connectivity index (χ2v) is 10.3. The molecule has 4 atom stereocenters. The zero-order chi connectivity index (χ0) is 22.1. The van der Waals surface area contributed by atoms with Crippen LogP contribution in [0.4, 0.5) is 11.4 Å². The number of rotatable bonds is 2. The number of fused-ring (bicyclic) bond motifs is 5. The van der Waals surface area contributed by atoms with Gasteiger partial charge in [-0.05, 0) is 35.9 Å². The molecule has 158 valence electrons. The molecule has 5 nitrogen and oxygen atoms in total. The van der Waals surface area contributed by atoms with E-state index in [-0.39, 0.29) is 23.6 Å². The first-order chi connectivity index (χ1) is 14.7. The van der Waals surface area contributed by atoms with Crippen molar-refractivity contribution in [3.05, 3.63) is 64.6 Å². The van der Waals surface area contributed by atoms with Gasteiger partial charge in [-0.1, -0.05) is 67.1 Å². The Labute approximate surface area is 189 Å². The lowest BCUT2D eigenvalue weighted by atomic mass is 9.79. The van der Waals surface area contributed by atoms with Gasteiger partial charge in [-0.25, -0.2) is 4.90 Å². The van der Waals surface area contributed by atoms with E-state index in [1.807, 2.05) is 74.2 Å². The van der Waals surface area contributed by atoms with E-state index in [2.05, 4.69) is 15.9 Å². The van der Waals surface area contributed by atoms with Gasteiger partial charge in [0.15, 0.2) is 5.78 Å². The largest absolute Gasteiger partial charge is 0.353 e. The molecule has 2 saturated heterocycles. The van der Waals surface area contributed by atoms with Crippen LogP contribution in [0.3, 0.4) is 0 Å². The van der Waals surface area contributed by atoms with Crippen LogP contribution in [0.25, 0.3) is 6.08 Å². The van der Waals surface area contributed by atoms with Gasteiger partial charge in [0.05, 0.1) is 23.6 Å². The number of imide groups is 1. The molecule has 31 heavy (non-hydrogen) atoms.